The van der Waals surface area contributed by atoms with Gasteiger partial charge in [0.05, 0.1) is 5.92 Å². The number of rotatable bonds is 3. The van der Waals surface area contributed by atoms with Crippen LogP contribution in [-0.2, 0) is 4.79 Å². The summed E-state index contributed by atoms with van der Waals surface area (Å²) < 4.78 is 0. The van der Waals surface area contributed by atoms with Crippen molar-refractivity contribution in [1.29, 1.82) is 0 Å². The number of aryl methyl sites for hydroxylation is 1. The number of hydrogen-bond acceptors (Lipinski definition) is 3. The first kappa shape index (κ1) is 13.5. The lowest BCUT2D eigenvalue weighted by Gasteiger charge is -2.27. The Morgan fingerprint density at radius 1 is 1.42 bits per heavy atom. The Bertz CT molecular complexity index is 487. The second kappa shape index (κ2) is 5.82. The Balaban J connectivity index is 1.99. The maximum Gasteiger partial charge on any atom is 0.306 e. The minimum atomic E-state index is -0.770. The van der Waals surface area contributed by atoms with Crippen LogP contribution in [0.5, 0.6) is 0 Å². The summed E-state index contributed by atoms with van der Waals surface area (Å²) in [5.74, 6) is -1.33. The fraction of sp³-hybridized carbons (Fsp3) is 0.500. The van der Waals surface area contributed by atoms with Crippen LogP contribution in [0.2, 0.25) is 0 Å². The standard InChI is InChI=1S/C14H18N2O3/c1-9-4-3-7-15-12(9)13(17)16-11-6-2-5-10(8-11)14(18)19/h3-4,7,10-11H,2,5-6,8H2,1H3,(H,16,17)(H,18,19). The highest BCUT2D eigenvalue weighted by atomic mass is 16.4. The van der Waals surface area contributed by atoms with E-state index in [1.165, 1.54) is 0 Å². The van der Waals surface area contributed by atoms with E-state index in [-0.39, 0.29) is 17.9 Å². The van der Waals surface area contributed by atoms with Crippen LogP contribution in [0.3, 0.4) is 0 Å². The van der Waals surface area contributed by atoms with Crippen LogP contribution in [-0.4, -0.2) is 28.0 Å². The molecule has 0 radical (unpaired) electrons. The molecule has 0 spiro atoms. The summed E-state index contributed by atoms with van der Waals surface area (Å²) >= 11 is 0. The van der Waals surface area contributed by atoms with Gasteiger partial charge in [0.25, 0.3) is 5.91 Å². The van der Waals surface area contributed by atoms with E-state index in [2.05, 4.69) is 10.3 Å². The number of carboxylic acid groups (broad SMARTS) is 1. The predicted octanol–water partition coefficient (Wildman–Crippen LogP) is 1.76. The van der Waals surface area contributed by atoms with Crippen molar-refractivity contribution < 1.29 is 14.7 Å². The van der Waals surface area contributed by atoms with Crippen LogP contribution in [0.1, 0.15) is 41.7 Å². The van der Waals surface area contributed by atoms with Crippen molar-refractivity contribution in [1.82, 2.24) is 10.3 Å². The molecule has 5 heteroatoms. The number of nitrogens with zero attached hydrogens (tertiary/aromatic N) is 1. The van der Waals surface area contributed by atoms with Gasteiger partial charge in [0.2, 0.25) is 0 Å². The van der Waals surface area contributed by atoms with Gasteiger partial charge in [0, 0.05) is 12.2 Å². The Labute approximate surface area is 112 Å². The monoisotopic (exact) mass is 262 g/mol. The fourth-order valence-electron chi connectivity index (χ4n) is 2.52. The molecule has 5 nitrogen and oxygen atoms in total. The maximum absolute atomic E-state index is 12.1. The largest absolute Gasteiger partial charge is 0.481 e. The molecule has 2 N–H and O–H groups in total. The highest BCUT2D eigenvalue weighted by molar-refractivity contribution is 5.93. The minimum absolute atomic E-state index is 0.0660. The average Bonchev–Trinajstić information content (AvgIpc) is 2.39. The van der Waals surface area contributed by atoms with Crippen LogP contribution < -0.4 is 5.32 Å². The zero-order valence-corrected chi connectivity index (χ0v) is 10.9. The summed E-state index contributed by atoms with van der Waals surface area (Å²) in [4.78, 5) is 27.1. The molecule has 1 heterocycles. The Morgan fingerprint density at radius 3 is 2.89 bits per heavy atom. The third-order valence-electron chi connectivity index (χ3n) is 3.58. The maximum atomic E-state index is 12.1. The van der Waals surface area contributed by atoms with Crippen molar-refractivity contribution >= 4 is 11.9 Å². The predicted molar refractivity (Wildman–Crippen MR) is 69.8 cm³/mol. The number of carbonyl (C=O) groups excluding carboxylic acids is 1. The topological polar surface area (TPSA) is 79.3 Å². The van der Waals surface area contributed by atoms with E-state index in [4.69, 9.17) is 5.11 Å². The summed E-state index contributed by atoms with van der Waals surface area (Å²) in [6, 6.07) is 3.56. The molecule has 1 aliphatic rings. The Morgan fingerprint density at radius 2 is 2.21 bits per heavy atom. The van der Waals surface area contributed by atoms with Crippen molar-refractivity contribution in [3.8, 4) is 0 Å². The van der Waals surface area contributed by atoms with Crippen LogP contribution in [0.4, 0.5) is 0 Å². The normalized spacial score (nSPS) is 22.8. The minimum Gasteiger partial charge on any atom is -0.481 e. The lowest BCUT2D eigenvalue weighted by molar-refractivity contribution is -0.143. The zero-order valence-electron chi connectivity index (χ0n) is 10.9. The summed E-state index contributed by atoms with van der Waals surface area (Å²) in [7, 11) is 0. The van der Waals surface area contributed by atoms with E-state index < -0.39 is 5.97 Å². The molecule has 1 amide bonds. The molecule has 1 aliphatic carbocycles. The quantitative estimate of drug-likeness (QED) is 0.870. The number of amides is 1. The first-order valence-corrected chi connectivity index (χ1v) is 6.53. The van der Waals surface area contributed by atoms with Gasteiger partial charge in [0.1, 0.15) is 5.69 Å². The lowest BCUT2D eigenvalue weighted by Crippen LogP contribution is -2.40. The van der Waals surface area contributed by atoms with E-state index in [9.17, 15) is 9.59 Å². The van der Waals surface area contributed by atoms with E-state index in [0.717, 1.165) is 18.4 Å². The summed E-state index contributed by atoms with van der Waals surface area (Å²) in [6.45, 7) is 1.84. The smallest absolute Gasteiger partial charge is 0.306 e. The Kier molecular flexibility index (Phi) is 4.14. The number of nitrogens with one attached hydrogen (secondary N) is 1. The number of pyridine rings is 1. The molecule has 102 valence electrons. The molecule has 1 fully saturated rings. The second-order valence-electron chi connectivity index (χ2n) is 5.04. The summed E-state index contributed by atoms with van der Waals surface area (Å²) in [6.07, 6.45) is 4.46. The molecule has 2 atom stereocenters. The molecule has 1 aromatic rings. The summed E-state index contributed by atoms with van der Waals surface area (Å²) in [5.41, 5.74) is 1.24. The average molecular weight is 262 g/mol. The van der Waals surface area contributed by atoms with Crippen molar-refractivity contribution in [2.45, 2.75) is 38.6 Å². The van der Waals surface area contributed by atoms with Crippen LogP contribution in [0.15, 0.2) is 18.3 Å². The fourth-order valence-corrected chi connectivity index (χ4v) is 2.52. The molecule has 1 aromatic heterocycles. The van der Waals surface area contributed by atoms with Crippen molar-refractivity contribution in [3.05, 3.63) is 29.6 Å². The van der Waals surface area contributed by atoms with Crippen molar-refractivity contribution in [2.24, 2.45) is 5.92 Å². The van der Waals surface area contributed by atoms with Gasteiger partial charge in [-0.05, 0) is 37.8 Å². The molecule has 0 bridgehead atoms. The molecule has 0 aromatic carbocycles. The highest BCUT2D eigenvalue weighted by Gasteiger charge is 2.28. The number of aromatic nitrogens is 1. The van der Waals surface area contributed by atoms with Gasteiger partial charge in [-0.15, -0.1) is 0 Å². The van der Waals surface area contributed by atoms with Crippen molar-refractivity contribution in [2.75, 3.05) is 0 Å². The third kappa shape index (κ3) is 3.30. The molecule has 19 heavy (non-hydrogen) atoms. The van der Waals surface area contributed by atoms with Gasteiger partial charge < -0.3 is 10.4 Å². The first-order valence-electron chi connectivity index (χ1n) is 6.53. The first-order chi connectivity index (χ1) is 9.08. The molecular weight excluding hydrogens is 244 g/mol. The van der Waals surface area contributed by atoms with Crippen LogP contribution in [0, 0.1) is 12.8 Å². The third-order valence-corrected chi connectivity index (χ3v) is 3.58. The van der Waals surface area contributed by atoms with Gasteiger partial charge in [-0.1, -0.05) is 12.5 Å². The second-order valence-corrected chi connectivity index (χ2v) is 5.04. The zero-order chi connectivity index (χ0) is 13.8. The highest BCUT2D eigenvalue weighted by Crippen LogP contribution is 2.24. The molecule has 2 unspecified atom stereocenters. The summed E-state index contributed by atoms with van der Waals surface area (Å²) in [5, 5.41) is 11.9. The number of hydrogen-bond donors (Lipinski definition) is 2. The van der Waals surface area contributed by atoms with E-state index in [1.807, 2.05) is 13.0 Å². The molecule has 1 saturated carbocycles. The molecular formula is C14H18N2O3. The molecule has 2 rings (SSSR count). The lowest BCUT2D eigenvalue weighted by atomic mass is 9.85. The number of aliphatic carboxylic acids is 1. The number of carboxylic acids is 1. The SMILES string of the molecule is Cc1cccnc1C(=O)NC1CCCC(C(=O)O)C1. The van der Waals surface area contributed by atoms with Gasteiger partial charge in [-0.3, -0.25) is 14.6 Å². The van der Waals surface area contributed by atoms with E-state index >= 15 is 0 Å². The van der Waals surface area contributed by atoms with Crippen molar-refractivity contribution in [3.63, 3.8) is 0 Å². The van der Waals surface area contributed by atoms with Crippen LogP contribution in [0.25, 0.3) is 0 Å². The Hall–Kier alpha value is -1.91. The van der Waals surface area contributed by atoms with Gasteiger partial charge >= 0.3 is 5.97 Å². The van der Waals surface area contributed by atoms with E-state index in [1.54, 1.807) is 12.3 Å². The van der Waals surface area contributed by atoms with Gasteiger partial charge in [-0.25, -0.2) is 0 Å². The van der Waals surface area contributed by atoms with Crippen LogP contribution >= 0.6 is 0 Å². The molecule has 0 aliphatic heterocycles. The van der Waals surface area contributed by atoms with E-state index in [0.29, 0.717) is 18.5 Å². The molecule has 0 saturated heterocycles. The number of carbonyl (C=O) groups is 2. The van der Waals surface area contributed by atoms with Gasteiger partial charge in [-0.2, -0.15) is 0 Å². The van der Waals surface area contributed by atoms with Gasteiger partial charge in [0.15, 0.2) is 0 Å².